The summed E-state index contributed by atoms with van der Waals surface area (Å²) in [4.78, 5) is 69.9. The Bertz CT molecular complexity index is 2420. The number of esters is 3. The van der Waals surface area contributed by atoms with Crippen LogP contribution in [-0.4, -0.2) is 50.7 Å². The number of allylic oxidation sites excluding steroid dienone is 6. The Hall–Kier alpha value is -5.38. The summed E-state index contributed by atoms with van der Waals surface area (Å²) in [6, 6.07) is 5.59. The van der Waals surface area contributed by atoms with E-state index in [2.05, 4.69) is 58.1 Å². The van der Waals surface area contributed by atoms with Crippen LogP contribution in [0.2, 0.25) is 0 Å². The zero-order valence-corrected chi connectivity index (χ0v) is 39.1. The third kappa shape index (κ3) is 10.7. The van der Waals surface area contributed by atoms with Gasteiger partial charge in [-0.05, 0) is 105 Å². The summed E-state index contributed by atoms with van der Waals surface area (Å²) in [7, 11) is 0. The standard InChI is InChI=1S/C53H68N4O6/c1-11-37-34(8)41-26-42-35(9)39(22-23-47(59)62-25-24-33(7)21-15-20-32(6)19-14-18-31(5)17-13-16-30(3)4)50(56-42)49-51-48(52(60)63-53(49)61)36(10)43(57-51)27-45-38(12-2)40(29-58)46(55-45)28-44(37)54-41/h11,24,26-32,35,39,56-57H,1,12-23,25H2,2-10H3/b33-24+,42-26?,44-28?,45-27?,50-49?/t31-,32-,35+,39+/m1/s1. The number of aldehydes is 1. The quantitative estimate of drug-likeness (QED) is 0.0580. The molecule has 0 saturated heterocycles. The van der Waals surface area contributed by atoms with Crippen LogP contribution in [-0.2, 0) is 19.1 Å². The fourth-order valence-corrected chi connectivity index (χ4v) is 9.61. The number of cyclic esters (lactones) is 2. The Labute approximate surface area is 373 Å². The number of nitrogens with one attached hydrogen (secondary N) is 2. The normalized spacial score (nSPS) is 17.8. The minimum Gasteiger partial charge on any atom is -0.461 e. The van der Waals surface area contributed by atoms with Crippen LogP contribution in [0, 0.1) is 24.7 Å². The van der Waals surface area contributed by atoms with Crippen molar-refractivity contribution in [3.05, 3.63) is 93.4 Å². The first-order valence-corrected chi connectivity index (χ1v) is 23.3. The molecule has 4 aliphatic heterocycles. The molecule has 0 amide bonds. The van der Waals surface area contributed by atoms with Crippen LogP contribution in [0.15, 0.2) is 42.5 Å². The Balaban J connectivity index is 1.21. The maximum absolute atomic E-state index is 13.8. The Morgan fingerprint density at radius 2 is 1.51 bits per heavy atom. The molecule has 6 heterocycles. The summed E-state index contributed by atoms with van der Waals surface area (Å²) in [5.74, 6) is -0.0335. The van der Waals surface area contributed by atoms with E-state index in [-0.39, 0.29) is 42.0 Å². The molecular weight excluding hydrogens is 789 g/mol. The van der Waals surface area contributed by atoms with Gasteiger partial charge in [-0.25, -0.2) is 19.6 Å². The third-order valence-electron chi connectivity index (χ3n) is 13.6. The van der Waals surface area contributed by atoms with E-state index in [1.54, 1.807) is 13.0 Å². The van der Waals surface area contributed by atoms with E-state index in [1.165, 1.54) is 50.5 Å². The van der Waals surface area contributed by atoms with Crippen molar-refractivity contribution < 1.29 is 28.7 Å². The molecule has 4 atom stereocenters. The number of ether oxygens (including phenoxy) is 2. The summed E-state index contributed by atoms with van der Waals surface area (Å²) in [5.41, 5.74) is 9.87. The molecule has 0 aliphatic carbocycles. The van der Waals surface area contributed by atoms with Crippen molar-refractivity contribution in [2.75, 3.05) is 6.61 Å². The zero-order chi connectivity index (χ0) is 45.5. The molecule has 0 radical (unpaired) electrons. The highest BCUT2D eigenvalue weighted by molar-refractivity contribution is 6.19. The van der Waals surface area contributed by atoms with Gasteiger partial charge in [0.05, 0.1) is 33.9 Å². The number of hydrogen-bond acceptors (Lipinski definition) is 8. The topological polar surface area (TPSA) is 144 Å². The summed E-state index contributed by atoms with van der Waals surface area (Å²) >= 11 is 0. The molecular formula is C53H68N4O6. The van der Waals surface area contributed by atoms with Crippen molar-refractivity contribution in [2.24, 2.45) is 17.8 Å². The van der Waals surface area contributed by atoms with Crippen LogP contribution in [0.1, 0.15) is 205 Å². The van der Waals surface area contributed by atoms with Crippen molar-refractivity contribution in [3.8, 4) is 0 Å². The molecule has 2 aromatic heterocycles. The number of aromatic nitrogens is 4. The maximum Gasteiger partial charge on any atom is 0.349 e. The van der Waals surface area contributed by atoms with Crippen LogP contribution in [0.3, 0.4) is 0 Å². The maximum atomic E-state index is 13.8. The Kier molecular flexibility index (Phi) is 15.6. The van der Waals surface area contributed by atoms with Gasteiger partial charge in [-0.3, -0.25) is 9.59 Å². The number of nitrogens with zero attached hydrogens (tertiary/aromatic N) is 2. The van der Waals surface area contributed by atoms with E-state index in [1.807, 2.05) is 38.1 Å². The molecule has 0 fully saturated rings. The molecule has 2 aromatic rings. The van der Waals surface area contributed by atoms with Gasteiger partial charge in [0.2, 0.25) is 0 Å². The first-order valence-electron chi connectivity index (χ1n) is 23.3. The second-order valence-corrected chi connectivity index (χ2v) is 18.8. The van der Waals surface area contributed by atoms with Crippen LogP contribution in [0.5, 0.6) is 0 Å². The van der Waals surface area contributed by atoms with Gasteiger partial charge in [-0.1, -0.05) is 105 Å². The monoisotopic (exact) mass is 857 g/mol. The molecule has 63 heavy (non-hydrogen) atoms. The molecule has 0 saturated carbocycles. The highest BCUT2D eigenvalue weighted by Gasteiger charge is 2.38. The molecule has 8 bridgehead atoms. The molecule has 0 spiro atoms. The van der Waals surface area contributed by atoms with Crippen LogP contribution in [0.4, 0.5) is 0 Å². The van der Waals surface area contributed by atoms with E-state index in [4.69, 9.17) is 19.4 Å². The van der Waals surface area contributed by atoms with Gasteiger partial charge < -0.3 is 19.4 Å². The van der Waals surface area contributed by atoms with Gasteiger partial charge >= 0.3 is 17.9 Å². The molecule has 10 nitrogen and oxygen atoms in total. The number of hydrogen-bond donors (Lipinski definition) is 2. The lowest BCUT2D eigenvalue weighted by Gasteiger charge is -2.19. The fraction of sp³-hybridized carbons (Fsp3) is 0.509. The van der Waals surface area contributed by atoms with Gasteiger partial charge in [-0.15, -0.1) is 0 Å². The number of carbonyl (C=O) groups is 4. The average Bonchev–Trinajstić information content (AvgIpc) is 3.93. The summed E-state index contributed by atoms with van der Waals surface area (Å²) < 4.78 is 11.2. The van der Waals surface area contributed by atoms with E-state index in [0.29, 0.717) is 69.4 Å². The predicted molar refractivity (Wildman–Crippen MR) is 252 cm³/mol. The van der Waals surface area contributed by atoms with Crippen molar-refractivity contribution in [1.29, 1.82) is 0 Å². The third-order valence-corrected chi connectivity index (χ3v) is 13.6. The van der Waals surface area contributed by atoms with Crippen LogP contribution >= 0.6 is 0 Å². The van der Waals surface area contributed by atoms with E-state index in [9.17, 15) is 19.2 Å². The molecule has 336 valence electrons. The van der Waals surface area contributed by atoms with Gasteiger partial charge in [-0.2, -0.15) is 0 Å². The lowest BCUT2D eigenvalue weighted by molar-refractivity contribution is -0.142. The predicted octanol–water partition coefficient (Wildman–Crippen LogP) is 12.9. The zero-order valence-electron chi connectivity index (χ0n) is 39.1. The van der Waals surface area contributed by atoms with E-state index >= 15 is 0 Å². The number of aryl methyl sites for hydroxylation is 1. The van der Waals surface area contributed by atoms with Crippen LogP contribution in [0.25, 0.3) is 33.3 Å². The second kappa shape index (κ2) is 20.9. The van der Waals surface area contributed by atoms with Crippen LogP contribution < -0.4 is 0 Å². The van der Waals surface area contributed by atoms with Gasteiger partial charge in [0, 0.05) is 46.3 Å². The summed E-state index contributed by atoms with van der Waals surface area (Å²) in [6.07, 6.45) is 16.9. The Morgan fingerprint density at radius 3 is 2.17 bits per heavy atom. The van der Waals surface area contributed by atoms with E-state index in [0.717, 1.165) is 53.4 Å². The lowest BCUT2D eigenvalue weighted by atomic mass is 9.85. The second-order valence-electron chi connectivity index (χ2n) is 18.8. The first-order chi connectivity index (χ1) is 30.1. The number of aromatic amines is 2. The molecule has 6 rings (SSSR count). The van der Waals surface area contributed by atoms with E-state index < -0.39 is 11.9 Å². The van der Waals surface area contributed by atoms with Crippen molar-refractivity contribution in [2.45, 2.75) is 151 Å². The highest BCUT2D eigenvalue weighted by Crippen LogP contribution is 2.44. The molecule has 0 aromatic carbocycles. The molecule has 2 N–H and O–H groups in total. The number of H-pyrrole nitrogens is 2. The SMILES string of the molecule is C=CC1=C(C)c2cc3[nH]c(c4c5[nH]c(cc6nc(cc1n2)C(C=O)=C6CC)c(C)c5C(=O)OC4=O)[C@@H](CCC(=O)OC/C=C(\C)CCC[C@H](C)CCC[C@H](C)CCCC(C)C)[C@@H]3C. The minimum atomic E-state index is -0.776. The Morgan fingerprint density at radius 1 is 0.857 bits per heavy atom. The minimum absolute atomic E-state index is 0.127. The van der Waals surface area contributed by atoms with Gasteiger partial charge in [0.1, 0.15) is 12.2 Å². The van der Waals surface area contributed by atoms with Crippen molar-refractivity contribution in [1.82, 2.24) is 19.9 Å². The number of rotatable bonds is 20. The number of carbonyl (C=O) groups excluding carboxylic acids is 4. The molecule has 0 unspecified atom stereocenters. The van der Waals surface area contributed by atoms with Gasteiger partial charge in [0.15, 0.2) is 6.29 Å². The summed E-state index contributed by atoms with van der Waals surface area (Å²) in [6.45, 7) is 23.5. The molecule has 4 aliphatic rings. The first kappa shape index (κ1) is 47.1. The lowest BCUT2D eigenvalue weighted by Crippen LogP contribution is -2.21. The smallest absolute Gasteiger partial charge is 0.349 e. The average molecular weight is 857 g/mol. The van der Waals surface area contributed by atoms with Gasteiger partial charge in [0.25, 0.3) is 0 Å². The van der Waals surface area contributed by atoms with Crippen molar-refractivity contribution >= 4 is 57.5 Å². The fourth-order valence-electron chi connectivity index (χ4n) is 9.61. The highest BCUT2D eigenvalue weighted by atomic mass is 16.6. The van der Waals surface area contributed by atoms with Crippen molar-refractivity contribution in [3.63, 3.8) is 0 Å². The number of fused-ring (bicyclic) bond motifs is 8. The largest absolute Gasteiger partial charge is 0.461 e. The molecule has 10 heteroatoms. The summed E-state index contributed by atoms with van der Waals surface area (Å²) in [5, 5.41) is 0.